The Balaban J connectivity index is 1.36. The van der Waals surface area contributed by atoms with Crippen molar-refractivity contribution in [3.63, 3.8) is 0 Å². The van der Waals surface area contributed by atoms with Gasteiger partial charge in [-0.1, -0.05) is 56.0 Å². The maximum atomic E-state index is 13.6. The van der Waals surface area contributed by atoms with Crippen LogP contribution < -0.4 is 10.6 Å². The number of amides is 2. The van der Waals surface area contributed by atoms with Crippen LogP contribution in [0.5, 0.6) is 0 Å². The average Bonchev–Trinajstić information content (AvgIpc) is 3.12. The van der Waals surface area contributed by atoms with E-state index in [0.717, 1.165) is 44.1 Å². The first-order chi connectivity index (χ1) is 16.6. The third kappa shape index (κ3) is 5.39. The number of hydrogen-bond acceptors (Lipinski definition) is 5. The Bertz CT molecular complexity index is 998. The van der Waals surface area contributed by atoms with Crippen molar-refractivity contribution in [1.82, 2.24) is 15.3 Å². The Morgan fingerprint density at radius 2 is 1.88 bits per heavy atom. The Kier molecular flexibility index (Phi) is 7.79. The van der Waals surface area contributed by atoms with Crippen LogP contribution in [-0.4, -0.2) is 34.6 Å². The van der Waals surface area contributed by atoms with Crippen LogP contribution in [0.15, 0.2) is 48.9 Å². The summed E-state index contributed by atoms with van der Waals surface area (Å²) in [6.45, 7) is 0.423. The molecule has 2 saturated carbocycles. The minimum Gasteiger partial charge on any atom is -0.461 e. The van der Waals surface area contributed by atoms with Gasteiger partial charge in [0, 0.05) is 30.8 Å². The van der Waals surface area contributed by atoms with Gasteiger partial charge < -0.3 is 10.1 Å². The van der Waals surface area contributed by atoms with Gasteiger partial charge in [0.2, 0.25) is 0 Å². The van der Waals surface area contributed by atoms with Crippen molar-refractivity contribution in [2.75, 3.05) is 11.9 Å². The highest BCUT2D eigenvalue weighted by molar-refractivity contribution is 5.87. The van der Waals surface area contributed by atoms with Crippen LogP contribution in [0.1, 0.15) is 56.9 Å². The van der Waals surface area contributed by atoms with Gasteiger partial charge in [0.1, 0.15) is 6.10 Å². The number of rotatable bonds is 7. The average molecular weight is 461 g/mol. The Morgan fingerprint density at radius 3 is 2.56 bits per heavy atom. The summed E-state index contributed by atoms with van der Waals surface area (Å²) in [5.41, 5.74) is 0.465. The SMILES string of the molecule is C#CC1CC(OC(=O)C2(c3ccccc3)CCCCCC2)C1CCNC(=O)Nc1cnccn1. The number of ether oxygens (including phenoxy) is 1. The van der Waals surface area contributed by atoms with Gasteiger partial charge in [-0.3, -0.25) is 15.1 Å². The molecule has 1 heterocycles. The molecule has 7 heteroatoms. The number of carbonyl (C=O) groups excluding carboxylic acids is 2. The fraction of sp³-hybridized carbons (Fsp3) is 0.481. The van der Waals surface area contributed by atoms with Crippen LogP contribution in [-0.2, 0) is 14.9 Å². The molecule has 0 spiro atoms. The molecule has 7 nitrogen and oxygen atoms in total. The number of carbonyl (C=O) groups is 2. The number of aromatic nitrogens is 2. The van der Waals surface area contributed by atoms with Gasteiger partial charge in [-0.15, -0.1) is 12.3 Å². The number of nitrogens with zero attached hydrogens (tertiary/aromatic N) is 2. The van der Waals surface area contributed by atoms with Gasteiger partial charge in [-0.05, 0) is 31.2 Å². The highest BCUT2D eigenvalue weighted by Gasteiger charge is 2.47. The number of urea groups is 1. The topological polar surface area (TPSA) is 93.2 Å². The molecule has 2 aliphatic carbocycles. The van der Waals surface area contributed by atoms with E-state index in [1.165, 1.54) is 18.6 Å². The fourth-order valence-electron chi connectivity index (χ4n) is 5.20. The molecule has 2 N–H and O–H groups in total. The predicted octanol–water partition coefficient (Wildman–Crippen LogP) is 4.46. The molecule has 0 aliphatic heterocycles. The van der Waals surface area contributed by atoms with Crippen molar-refractivity contribution < 1.29 is 14.3 Å². The van der Waals surface area contributed by atoms with E-state index in [-0.39, 0.29) is 29.9 Å². The van der Waals surface area contributed by atoms with Crippen LogP contribution in [0.2, 0.25) is 0 Å². The molecule has 2 amide bonds. The second kappa shape index (κ2) is 11.1. The molecular weight excluding hydrogens is 428 g/mol. The van der Waals surface area contributed by atoms with E-state index < -0.39 is 5.41 Å². The van der Waals surface area contributed by atoms with Crippen LogP contribution in [0.3, 0.4) is 0 Å². The van der Waals surface area contributed by atoms with E-state index >= 15 is 0 Å². The van der Waals surface area contributed by atoms with Crippen molar-refractivity contribution in [2.45, 2.75) is 62.9 Å². The molecule has 178 valence electrons. The molecule has 4 rings (SSSR count). The second-order valence-corrected chi connectivity index (χ2v) is 9.24. The van der Waals surface area contributed by atoms with Crippen molar-refractivity contribution in [3.8, 4) is 12.3 Å². The standard InChI is InChI=1S/C27H32N4O3/c1-2-20-18-23(22(20)12-15-30-26(33)31-24-19-28-16-17-29-24)34-25(32)27(13-8-3-4-9-14-27)21-10-6-5-7-11-21/h1,5-7,10-11,16-17,19-20,22-23H,3-4,8-9,12-15,18H2,(H2,29,30,31,33). The van der Waals surface area contributed by atoms with Crippen molar-refractivity contribution in [3.05, 3.63) is 54.5 Å². The smallest absolute Gasteiger partial charge is 0.320 e. The lowest BCUT2D eigenvalue weighted by atomic mass is 9.69. The van der Waals surface area contributed by atoms with Gasteiger partial charge in [0.05, 0.1) is 11.6 Å². The predicted molar refractivity (Wildman–Crippen MR) is 130 cm³/mol. The molecule has 3 atom stereocenters. The normalized spacial score (nSPS) is 23.4. The Hall–Kier alpha value is -3.40. The van der Waals surface area contributed by atoms with E-state index in [1.807, 2.05) is 18.2 Å². The first-order valence-corrected chi connectivity index (χ1v) is 12.2. The van der Waals surface area contributed by atoms with Crippen LogP contribution in [0, 0.1) is 24.2 Å². The zero-order valence-electron chi connectivity index (χ0n) is 19.4. The highest BCUT2D eigenvalue weighted by Crippen LogP contribution is 2.44. The zero-order valence-corrected chi connectivity index (χ0v) is 19.4. The summed E-state index contributed by atoms with van der Waals surface area (Å²) in [5.74, 6) is 3.16. The number of benzene rings is 1. The Labute approximate surface area is 201 Å². The van der Waals surface area contributed by atoms with Crippen LogP contribution in [0.25, 0.3) is 0 Å². The maximum absolute atomic E-state index is 13.6. The highest BCUT2D eigenvalue weighted by atomic mass is 16.5. The molecule has 1 aromatic carbocycles. The molecular formula is C27H32N4O3. The summed E-state index contributed by atoms with van der Waals surface area (Å²) < 4.78 is 6.16. The van der Waals surface area contributed by atoms with E-state index in [9.17, 15) is 9.59 Å². The third-order valence-corrected chi connectivity index (χ3v) is 7.20. The van der Waals surface area contributed by atoms with Crippen LogP contribution >= 0.6 is 0 Å². The minimum absolute atomic E-state index is 0.0318. The number of esters is 1. The monoisotopic (exact) mass is 460 g/mol. The number of terminal acetylenes is 1. The lowest BCUT2D eigenvalue weighted by Crippen LogP contribution is -2.49. The van der Waals surface area contributed by atoms with Gasteiger partial charge in [-0.25, -0.2) is 9.78 Å². The zero-order chi connectivity index (χ0) is 23.8. The van der Waals surface area contributed by atoms with Gasteiger partial charge in [0.25, 0.3) is 0 Å². The summed E-state index contributed by atoms with van der Waals surface area (Å²) in [6, 6.07) is 9.71. The quantitative estimate of drug-likeness (QED) is 0.361. The third-order valence-electron chi connectivity index (χ3n) is 7.20. The van der Waals surface area contributed by atoms with E-state index in [0.29, 0.717) is 25.2 Å². The summed E-state index contributed by atoms with van der Waals surface area (Å²) in [5, 5.41) is 5.47. The minimum atomic E-state index is -0.585. The molecule has 0 bridgehead atoms. The van der Waals surface area contributed by atoms with Crippen molar-refractivity contribution >= 4 is 17.8 Å². The van der Waals surface area contributed by atoms with Crippen molar-refractivity contribution in [1.29, 1.82) is 0 Å². The van der Waals surface area contributed by atoms with Crippen LogP contribution in [0.4, 0.5) is 10.6 Å². The summed E-state index contributed by atoms with van der Waals surface area (Å²) in [4.78, 5) is 33.7. The fourth-order valence-corrected chi connectivity index (χ4v) is 5.20. The number of hydrogen-bond donors (Lipinski definition) is 2. The van der Waals surface area contributed by atoms with E-state index in [2.05, 4.69) is 38.7 Å². The lowest BCUT2D eigenvalue weighted by molar-refractivity contribution is -0.169. The first-order valence-electron chi connectivity index (χ1n) is 12.2. The summed E-state index contributed by atoms with van der Waals surface area (Å²) >= 11 is 0. The maximum Gasteiger partial charge on any atom is 0.320 e. The summed E-state index contributed by atoms with van der Waals surface area (Å²) in [7, 11) is 0. The number of nitrogens with one attached hydrogen (secondary N) is 2. The molecule has 1 aromatic heterocycles. The summed E-state index contributed by atoms with van der Waals surface area (Å²) in [6.07, 6.45) is 17.3. The molecule has 2 aliphatic rings. The molecule has 0 radical (unpaired) electrons. The van der Waals surface area contributed by atoms with E-state index in [4.69, 9.17) is 11.2 Å². The molecule has 0 saturated heterocycles. The van der Waals surface area contributed by atoms with Gasteiger partial charge in [0.15, 0.2) is 5.82 Å². The van der Waals surface area contributed by atoms with Gasteiger partial charge in [-0.2, -0.15) is 0 Å². The molecule has 3 unspecified atom stereocenters. The first kappa shape index (κ1) is 23.7. The number of anilines is 1. The molecule has 2 fully saturated rings. The second-order valence-electron chi connectivity index (χ2n) is 9.24. The van der Waals surface area contributed by atoms with Crippen molar-refractivity contribution in [2.24, 2.45) is 11.8 Å². The van der Waals surface area contributed by atoms with E-state index in [1.54, 1.807) is 0 Å². The lowest BCUT2D eigenvalue weighted by Gasteiger charge is -2.43. The molecule has 34 heavy (non-hydrogen) atoms. The Morgan fingerprint density at radius 1 is 1.12 bits per heavy atom. The largest absolute Gasteiger partial charge is 0.461 e. The molecule has 2 aromatic rings. The van der Waals surface area contributed by atoms with Gasteiger partial charge >= 0.3 is 12.0 Å².